The molecule has 1 N–H and O–H groups in total. The summed E-state index contributed by atoms with van der Waals surface area (Å²) in [7, 11) is 4.24. The molecule has 0 spiro atoms. The Balaban J connectivity index is 0.00000144. The monoisotopic (exact) mass is 293 g/mol. The van der Waals surface area contributed by atoms with Crippen LogP contribution in [0.25, 0.3) is 0 Å². The van der Waals surface area contributed by atoms with Crippen LogP contribution in [0.5, 0.6) is 5.75 Å². The fraction of sp³-hybridized carbons (Fsp3) is 0.400. The lowest BCUT2D eigenvalue weighted by molar-refractivity contribution is -0.00000375. The first kappa shape index (κ1) is 12.7. The number of hydrogen-bond donors (Lipinski definition) is 1. The summed E-state index contributed by atoms with van der Waals surface area (Å²) in [6.45, 7) is 3.15. The lowest BCUT2D eigenvalue weighted by Gasteiger charge is -2.27. The lowest BCUT2D eigenvalue weighted by atomic mass is 10.2. The van der Waals surface area contributed by atoms with E-state index in [9.17, 15) is 5.11 Å². The molecule has 1 rings (SSSR count). The molecule has 0 fully saturated rings. The Bertz CT molecular complexity index is 273. The number of rotatable bonds is 2. The highest BCUT2D eigenvalue weighted by molar-refractivity contribution is 5.46. The largest absolute Gasteiger partial charge is 1.00 e. The maximum absolute atomic E-state index is 9.26. The smallest absolute Gasteiger partial charge is 0.136 e. The first-order valence-electron chi connectivity index (χ1n) is 4.19. The highest BCUT2D eigenvalue weighted by Gasteiger charge is 2.15. The Labute approximate surface area is 96.8 Å². The molecule has 0 aromatic heterocycles. The van der Waals surface area contributed by atoms with Gasteiger partial charge < -0.3 is 29.1 Å². The molecule has 0 heterocycles. The summed E-state index contributed by atoms with van der Waals surface area (Å²) < 4.78 is 0.800. The van der Waals surface area contributed by atoms with Crippen molar-refractivity contribution in [3.8, 4) is 5.75 Å². The average Bonchev–Trinajstić information content (AvgIpc) is 2.05. The fourth-order valence-electron chi connectivity index (χ4n) is 1.05. The van der Waals surface area contributed by atoms with Crippen molar-refractivity contribution < 1.29 is 29.1 Å². The third-order valence-electron chi connectivity index (χ3n) is 2.32. The van der Waals surface area contributed by atoms with Crippen LogP contribution < -0.4 is 28.5 Å². The van der Waals surface area contributed by atoms with Crippen molar-refractivity contribution in [2.75, 3.05) is 20.6 Å². The van der Waals surface area contributed by atoms with Crippen LogP contribution in [0.2, 0.25) is 0 Å². The summed E-state index contributed by atoms with van der Waals surface area (Å²) in [6.07, 6.45) is 0. The van der Waals surface area contributed by atoms with E-state index in [-0.39, 0.29) is 24.0 Å². The lowest BCUT2D eigenvalue weighted by Crippen LogP contribution is -3.00. The van der Waals surface area contributed by atoms with Crippen LogP contribution in [0.15, 0.2) is 24.3 Å². The number of nitrogens with zero attached hydrogens (tertiary/aromatic N) is 1. The van der Waals surface area contributed by atoms with E-state index in [2.05, 4.69) is 21.0 Å². The first-order chi connectivity index (χ1) is 5.56. The van der Waals surface area contributed by atoms with Gasteiger partial charge in [-0.1, -0.05) is 6.07 Å². The maximum Gasteiger partial charge on any atom is 0.136 e. The zero-order valence-electron chi connectivity index (χ0n) is 8.29. The quantitative estimate of drug-likeness (QED) is 0.547. The molecule has 0 aliphatic carbocycles. The molecule has 13 heavy (non-hydrogen) atoms. The van der Waals surface area contributed by atoms with Gasteiger partial charge in [-0.2, -0.15) is 0 Å². The van der Waals surface area contributed by atoms with Gasteiger partial charge in [0.25, 0.3) is 0 Å². The predicted molar refractivity (Wildman–Crippen MR) is 52.3 cm³/mol. The zero-order chi connectivity index (χ0) is 9.19. The summed E-state index contributed by atoms with van der Waals surface area (Å²) in [4.78, 5) is 0. The topological polar surface area (TPSA) is 20.2 Å². The second-order valence-electron chi connectivity index (χ2n) is 3.52. The Kier molecular flexibility index (Phi) is 4.70. The number of phenols is 1. The Morgan fingerprint density at radius 3 is 2.38 bits per heavy atom. The Hall–Kier alpha value is -0.290. The van der Waals surface area contributed by atoms with Crippen molar-refractivity contribution in [3.63, 3.8) is 0 Å². The van der Waals surface area contributed by atoms with Gasteiger partial charge in [-0.05, 0) is 19.1 Å². The van der Waals surface area contributed by atoms with Crippen LogP contribution in [0.3, 0.4) is 0 Å². The van der Waals surface area contributed by atoms with E-state index in [0.717, 1.165) is 16.7 Å². The van der Waals surface area contributed by atoms with Gasteiger partial charge in [0.2, 0.25) is 0 Å². The van der Waals surface area contributed by atoms with Crippen molar-refractivity contribution in [3.05, 3.63) is 24.3 Å². The standard InChI is InChI=1S/C10H15NO.HI/c1-4-11(2,3)9-6-5-7-10(12)8-9;/h5-8H,4H2,1-3H3;1H. The predicted octanol–water partition coefficient (Wildman–Crippen LogP) is -1.02. The number of quaternary nitrogens is 1. The summed E-state index contributed by atoms with van der Waals surface area (Å²) >= 11 is 0. The summed E-state index contributed by atoms with van der Waals surface area (Å²) in [6, 6.07) is 7.41. The molecule has 0 radical (unpaired) electrons. The van der Waals surface area contributed by atoms with Crippen molar-refractivity contribution in [2.45, 2.75) is 6.92 Å². The molecule has 1 aromatic rings. The van der Waals surface area contributed by atoms with Crippen LogP contribution in [0, 0.1) is 0 Å². The summed E-state index contributed by atoms with van der Waals surface area (Å²) in [5.41, 5.74) is 1.14. The average molecular weight is 293 g/mol. The summed E-state index contributed by atoms with van der Waals surface area (Å²) in [5.74, 6) is 0.340. The molecule has 0 saturated carbocycles. The van der Waals surface area contributed by atoms with Crippen LogP contribution in [0.4, 0.5) is 5.69 Å². The van der Waals surface area contributed by atoms with Crippen molar-refractivity contribution >= 4 is 5.69 Å². The third-order valence-corrected chi connectivity index (χ3v) is 2.32. The van der Waals surface area contributed by atoms with Gasteiger partial charge in [0.15, 0.2) is 0 Å². The van der Waals surface area contributed by atoms with Gasteiger partial charge in [-0.3, -0.25) is 4.48 Å². The van der Waals surface area contributed by atoms with Gasteiger partial charge in [0.1, 0.15) is 11.4 Å². The van der Waals surface area contributed by atoms with Crippen LogP contribution in [0.1, 0.15) is 6.92 Å². The number of hydrogen-bond acceptors (Lipinski definition) is 1. The molecule has 3 heteroatoms. The maximum atomic E-state index is 9.26. The van der Waals surface area contributed by atoms with Crippen LogP contribution in [-0.2, 0) is 0 Å². The minimum atomic E-state index is 0. The first-order valence-corrected chi connectivity index (χ1v) is 4.19. The third kappa shape index (κ3) is 3.15. The molecule has 0 amide bonds. The number of benzene rings is 1. The Morgan fingerprint density at radius 1 is 1.31 bits per heavy atom. The van der Waals surface area contributed by atoms with E-state index in [4.69, 9.17) is 0 Å². The Morgan fingerprint density at radius 2 is 1.92 bits per heavy atom. The van der Waals surface area contributed by atoms with Crippen molar-refractivity contribution in [1.29, 1.82) is 0 Å². The molecule has 0 aliphatic heterocycles. The van der Waals surface area contributed by atoms with E-state index in [1.54, 1.807) is 6.07 Å². The SMILES string of the molecule is CC[N+](C)(C)c1cccc(O)c1.[I-]. The summed E-state index contributed by atoms with van der Waals surface area (Å²) in [5, 5.41) is 9.26. The van der Waals surface area contributed by atoms with Crippen LogP contribution >= 0.6 is 0 Å². The van der Waals surface area contributed by atoms with E-state index in [0.29, 0.717) is 5.75 Å². The molecule has 2 nitrogen and oxygen atoms in total. The van der Waals surface area contributed by atoms with E-state index < -0.39 is 0 Å². The van der Waals surface area contributed by atoms with Gasteiger partial charge in [-0.15, -0.1) is 0 Å². The fourth-order valence-corrected chi connectivity index (χ4v) is 1.05. The normalized spacial score (nSPS) is 10.7. The number of halogens is 1. The highest BCUT2D eigenvalue weighted by atomic mass is 127. The van der Waals surface area contributed by atoms with Crippen molar-refractivity contribution in [1.82, 2.24) is 4.48 Å². The molecular weight excluding hydrogens is 277 g/mol. The van der Waals surface area contributed by atoms with Crippen molar-refractivity contribution in [2.24, 2.45) is 0 Å². The molecule has 0 unspecified atom stereocenters. The van der Waals surface area contributed by atoms with Gasteiger partial charge in [0, 0.05) is 6.07 Å². The molecule has 1 aromatic carbocycles. The number of aromatic hydroxyl groups is 1. The molecule has 0 atom stereocenters. The molecule has 0 saturated heterocycles. The van der Waals surface area contributed by atoms with Gasteiger partial charge in [-0.25, -0.2) is 0 Å². The van der Waals surface area contributed by atoms with Gasteiger partial charge >= 0.3 is 0 Å². The molecular formula is C10H16INO. The zero-order valence-corrected chi connectivity index (χ0v) is 10.4. The van der Waals surface area contributed by atoms with E-state index in [1.165, 1.54) is 0 Å². The molecule has 74 valence electrons. The highest BCUT2D eigenvalue weighted by Crippen LogP contribution is 2.22. The van der Waals surface area contributed by atoms with Crippen LogP contribution in [-0.4, -0.2) is 25.7 Å². The minimum absolute atomic E-state index is 0. The molecule has 0 aliphatic rings. The number of phenolic OH excluding ortho intramolecular Hbond substituents is 1. The molecule has 0 bridgehead atoms. The van der Waals surface area contributed by atoms with E-state index in [1.807, 2.05) is 18.2 Å². The minimum Gasteiger partial charge on any atom is -1.00 e. The van der Waals surface area contributed by atoms with E-state index >= 15 is 0 Å². The second-order valence-corrected chi connectivity index (χ2v) is 3.52. The van der Waals surface area contributed by atoms with Gasteiger partial charge in [0.05, 0.1) is 20.6 Å². The second kappa shape index (κ2) is 4.81.